The van der Waals surface area contributed by atoms with Crippen molar-refractivity contribution in [2.24, 2.45) is 0 Å². The fourth-order valence-electron chi connectivity index (χ4n) is 2.73. The molecular formula is C16H25FN2. The molecule has 0 aromatic heterocycles. The van der Waals surface area contributed by atoms with Gasteiger partial charge in [0.15, 0.2) is 0 Å². The first-order valence-electron chi connectivity index (χ1n) is 7.42. The molecule has 1 saturated heterocycles. The molecule has 1 unspecified atom stereocenters. The Morgan fingerprint density at radius 2 is 2.00 bits per heavy atom. The maximum atomic E-state index is 13.9. The molecule has 0 saturated carbocycles. The second kappa shape index (κ2) is 6.38. The Hall–Kier alpha value is -1.09. The molecule has 1 N–H and O–H groups in total. The third-order valence-electron chi connectivity index (χ3n) is 3.92. The van der Waals surface area contributed by atoms with Gasteiger partial charge in [0, 0.05) is 24.8 Å². The molecule has 1 aliphatic rings. The fourth-order valence-corrected chi connectivity index (χ4v) is 2.73. The van der Waals surface area contributed by atoms with Crippen molar-refractivity contribution in [3.8, 4) is 0 Å². The Balaban J connectivity index is 2.30. The number of nitrogens with zero attached hydrogens (tertiary/aromatic N) is 1. The quantitative estimate of drug-likeness (QED) is 0.870. The van der Waals surface area contributed by atoms with Gasteiger partial charge in [-0.05, 0) is 62.9 Å². The molecule has 0 radical (unpaired) electrons. The molecular weight excluding hydrogens is 239 g/mol. The van der Waals surface area contributed by atoms with Gasteiger partial charge in [-0.15, -0.1) is 0 Å². The van der Waals surface area contributed by atoms with Gasteiger partial charge in [0.2, 0.25) is 0 Å². The molecule has 0 bridgehead atoms. The lowest BCUT2D eigenvalue weighted by molar-refractivity contribution is 0.559. The SMILES string of the molecule is CCCNC(C)c1cc(F)c(C)cc1N1CCCC1. The van der Waals surface area contributed by atoms with E-state index in [4.69, 9.17) is 0 Å². The van der Waals surface area contributed by atoms with Crippen LogP contribution in [0, 0.1) is 12.7 Å². The summed E-state index contributed by atoms with van der Waals surface area (Å²) in [6, 6.07) is 3.93. The number of benzene rings is 1. The van der Waals surface area contributed by atoms with Crippen LogP contribution in [0.3, 0.4) is 0 Å². The summed E-state index contributed by atoms with van der Waals surface area (Å²) in [4.78, 5) is 2.39. The number of rotatable bonds is 5. The average Bonchev–Trinajstić information content (AvgIpc) is 2.92. The lowest BCUT2D eigenvalue weighted by atomic mass is 10.0. The monoisotopic (exact) mass is 264 g/mol. The second-order valence-corrected chi connectivity index (χ2v) is 5.53. The largest absolute Gasteiger partial charge is 0.371 e. The normalized spacial score (nSPS) is 16.9. The summed E-state index contributed by atoms with van der Waals surface area (Å²) < 4.78 is 13.9. The van der Waals surface area contributed by atoms with Crippen LogP contribution in [0.2, 0.25) is 0 Å². The summed E-state index contributed by atoms with van der Waals surface area (Å²) in [5.41, 5.74) is 3.05. The van der Waals surface area contributed by atoms with E-state index in [1.54, 1.807) is 6.07 Å². The van der Waals surface area contributed by atoms with Gasteiger partial charge in [-0.25, -0.2) is 4.39 Å². The van der Waals surface area contributed by atoms with Gasteiger partial charge in [-0.3, -0.25) is 0 Å². The number of nitrogens with one attached hydrogen (secondary N) is 1. The van der Waals surface area contributed by atoms with E-state index < -0.39 is 0 Å². The van der Waals surface area contributed by atoms with Crippen LogP contribution >= 0.6 is 0 Å². The molecule has 1 aromatic carbocycles. The van der Waals surface area contributed by atoms with E-state index in [2.05, 4.69) is 24.1 Å². The molecule has 1 aromatic rings. The highest BCUT2D eigenvalue weighted by Gasteiger charge is 2.20. The van der Waals surface area contributed by atoms with Gasteiger partial charge in [0.25, 0.3) is 0 Å². The summed E-state index contributed by atoms with van der Waals surface area (Å²) in [5, 5.41) is 3.47. The summed E-state index contributed by atoms with van der Waals surface area (Å²) in [7, 11) is 0. The first-order chi connectivity index (χ1) is 9.13. The zero-order valence-electron chi connectivity index (χ0n) is 12.3. The van der Waals surface area contributed by atoms with Gasteiger partial charge in [0.1, 0.15) is 5.82 Å². The lowest BCUT2D eigenvalue weighted by Crippen LogP contribution is -2.25. The van der Waals surface area contributed by atoms with Crippen LogP contribution in [-0.4, -0.2) is 19.6 Å². The average molecular weight is 264 g/mol. The van der Waals surface area contributed by atoms with Crippen molar-refractivity contribution >= 4 is 5.69 Å². The van der Waals surface area contributed by atoms with Crippen molar-refractivity contribution in [2.45, 2.75) is 46.1 Å². The first kappa shape index (κ1) is 14.3. The predicted octanol–water partition coefficient (Wildman–Crippen LogP) is 3.79. The maximum Gasteiger partial charge on any atom is 0.126 e. The van der Waals surface area contributed by atoms with E-state index in [0.717, 1.165) is 37.2 Å². The highest BCUT2D eigenvalue weighted by atomic mass is 19.1. The van der Waals surface area contributed by atoms with Crippen LogP contribution in [0.4, 0.5) is 10.1 Å². The Bertz CT molecular complexity index is 425. The second-order valence-electron chi connectivity index (χ2n) is 5.53. The Morgan fingerprint density at radius 1 is 1.32 bits per heavy atom. The number of anilines is 1. The van der Waals surface area contributed by atoms with E-state index in [-0.39, 0.29) is 11.9 Å². The van der Waals surface area contributed by atoms with Crippen molar-refractivity contribution in [1.29, 1.82) is 0 Å². The number of hydrogen-bond acceptors (Lipinski definition) is 2. The van der Waals surface area contributed by atoms with Gasteiger partial charge in [-0.1, -0.05) is 6.92 Å². The molecule has 3 heteroatoms. The van der Waals surface area contributed by atoms with Crippen molar-refractivity contribution in [3.05, 3.63) is 29.1 Å². The van der Waals surface area contributed by atoms with E-state index in [1.165, 1.54) is 18.5 Å². The molecule has 1 aliphatic heterocycles. The third-order valence-corrected chi connectivity index (χ3v) is 3.92. The topological polar surface area (TPSA) is 15.3 Å². The van der Waals surface area contributed by atoms with Crippen LogP contribution in [0.5, 0.6) is 0 Å². The Labute approximate surface area is 116 Å². The van der Waals surface area contributed by atoms with Crippen molar-refractivity contribution in [1.82, 2.24) is 5.32 Å². The molecule has 19 heavy (non-hydrogen) atoms. The van der Waals surface area contributed by atoms with Crippen molar-refractivity contribution in [3.63, 3.8) is 0 Å². The van der Waals surface area contributed by atoms with Crippen molar-refractivity contribution in [2.75, 3.05) is 24.5 Å². The fraction of sp³-hybridized carbons (Fsp3) is 0.625. The zero-order valence-corrected chi connectivity index (χ0v) is 12.3. The number of halogens is 1. The summed E-state index contributed by atoms with van der Waals surface area (Å²) in [6.45, 7) is 9.28. The van der Waals surface area contributed by atoms with Crippen LogP contribution < -0.4 is 10.2 Å². The smallest absolute Gasteiger partial charge is 0.126 e. The van der Waals surface area contributed by atoms with Crippen LogP contribution in [0.1, 0.15) is 50.3 Å². The first-order valence-corrected chi connectivity index (χ1v) is 7.42. The summed E-state index contributed by atoms with van der Waals surface area (Å²) >= 11 is 0. The molecule has 2 nitrogen and oxygen atoms in total. The Morgan fingerprint density at radius 3 is 2.63 bits per heavy atom. The maximum absolute atomic E-state index is 13.9. The highest BCUT2D eigenvalue weighted by Crippen LogP contribution is 2.31. The van der Waals surface area contributed by atoms with Gasteiger partial charge in [0.05, 0.1) is 0 Å². The van der Waals surface area contributed by atoms with E-state index >= 15 is 0 Å². The minimum atomic E-state index is -0.0944. The van der Waals surface area contributed by atoms with E-state index in [1.807, 2.05) is 13.0 Å². The van der Waals surface area contributed by atoms with Crippen LogP contribution in [0.15, 0.2) is 12.1 Å². The molecule has 1 atom stereocenters. The minimum Gasteiger partial charge on any atom is -0.371 e. The van der Waals surface area contributed by atoms with Gasteiger partial charge in [-0.2, -0.15) is 0 Å². The Kier molecular flexibility index (Phi) is 4.81. The summed E-state index contributed by atoms with van der Waals surface area (Å²) in [6.07, 6.45) is 3.58. The minimum absolute atomic E-state index is 0.0944. The van der Waals surface area contributed by atoms with E-state index in [0.29, 0.717) is 0 Å². The lowest BCUT2D eigenvalue weighted by Gasteiger charge is -2.26. The zero-order chi connectivity index (χ0) is 13.8. The highest BCUT2D eigenvalue weighted by molar-refractivity contribution is 5.57. The molecule has 0 amide bonds. The van der Waals surface area contributed by atoms with Crippen molar-refractivity contribution < 1.29 is 4.39 Å². The predicted molar refractivity (Wildman–Crippen MR) is 79.3 cm³/mol. The standard InChI is InChI=1S/C16H25FN2/c1-4-7-18-13(3)14-11-15(17)12(2)10-16(14)19-8-5-6-9-19/h10-11,13,18H,4-9H2,1-3H3. The molecule has 0 spiro atoms. The molecule has 1 heterocycles. The molecule has 1 fully saturated rings. The van der Waals surface area contributed by atoms with Gasteiger partial charge >= 0.3 is 0 Å². The van der Waals surface area contributed by atoms with Gasteiger partial charge < -0.3 is 10.2 Å². The number of aryl methyl sites for hydroxylation is 1. The summed E-state index contributed by atoms with van der Waals surface area (Å²) in [5.74, 6) is -0.0944. The van der Waals surface area contributed by atoms with Crippen LogP contribution in [0.25, 0.3) is 0 Å². The molecule has 0 aliphatic carbocycles. The molecule has 2 rings (SSSR count). The van der Waals surface area contributed by atoms with Crippen LogP contribution in [-0.2, 0) is 0 Å². The molecule has 106 valence electrons. The third kappa shape index (κ3) is 3.27. The van der Waals surface area contributed by atoms with E-state index in [9.17, 15) is 4.39 Å². The number of hydrogen-bond donors (Lipinski definition) is 1.